The van der Waals surface area contributed by atoms with Crippen molar-refractivity contribution in [2.24, 2.45) is 0 Å². The Balaban J connectivity index is 1.13. The molecule has 5 nitrogen and oxygen atoms in total. The van der Waals surface area contributed by atoms with Crippen LogP contribution < -0.4 is 0 Å². The number of aromatic nitrogens is 4. The third-order valence-corrected chi connectivity index (χ3v) is 10.3. The van der Waals surface area contributed by atoms with Crippen molar-refractivity contribution in [3.63, 3.8) is 0 Å². The van der Waals surface area contributed by atoms with Crippen molar-refractivity contribution in [3.8, 4) is 51.0 Å². The Morgan fingerprint density at radius 3 is 1.72 bits per heavy atom. The molecule has 0 bridgehead atoms. The third kappa shape index (κ3) is 5.00. The summed E-state index contributed by atoms with van der Waals surface area (Å²) in [5.74, 6) is 1.28. The molecule has 12 rings (SSSR count). The van der Waals surface area contributed by atoms with Crippen molar-refractivity contribution in [1.29, 1.82) is 0 Å². The zero-order valence-electron chi connectivity index (χ0n) is 45.9. The molecule has 0 radical (unpaired) electrons. The third-order valence-electron chi connectivity index (χ3n) is 10.3. The molecule has 3 aromatic heterocycles. The Labute approximate surface area is 355 Å². The quantitative estimate of drug-likeness (QED) is 0.164. The molecule has 0 amide bonds. The molecule has 0 aliphatic carbocycles. The SMILES string of the molecule is [2H]c1c([2H])c(-n2c3c([2H])c([2H])c([2H])c([2H])c3c3c4c([2H])c([2H])c([2H])c([2H])c4c4c([2H])c([2H])c([2H])c([2H])c4c32)c([2H])c([2H])c1-c1ccc2c(c1)oc1cccc(-c3nc(-c4ccccc4)nc(-c4ccccc4)n3)c12. The van der Waals surface area contributed by atoms with Crippen molar-refractivity contribution in [2.45, 2.75) is 0 Å². The first-order chi connectivity index (χ1) is 35.4. The maximum atomic E-state index is 9.67. The smallest absolute Gasteiger partial charge is 0.164 e. The zero-order valence-corrected chi connectivity index (χ0v) is 29.9. The molecule has 0 saturated carbocycles. The fourth-order valence-corrected chi connectivity index (χ4v) is 7.72. The van der Waals surface area contributed by atoms with Gasteiger partial charge in [0.1, 0.15) is 11.2 Å². The van der Waals surface area contributed by atoms with Crippen LogP contribution in [0, 0.1) is 0 Å². The number of benzene rings is 9. The first-order valence-electron chi connectivity index (χ1n) is 26.2. The molecule has 0 N–H and O–H groups in total. The average molecular weight is 757 g/mol. The summed E-state index contributed by atoms with van der Waals surface area (Å²) in [6.45, 7) is 0. The lowest BCUT2D eigenvalue weighted by atomic mass is 9.97. The molecule has 58 heavy (non-hydrogen) atoms. The predicted molar refractivity (Wildman–Crippen MR) is 238 cm³/mol. The summed E-state index contributed by atoms with van der Waals surface area (Å²) in [5.41, 5.74) is 1.70. The lowest BCUT2D eigenvalue weighted by molar-refractivity contribution is 0.669. The molecular weight excluding hydrogens is 709 g/mol. The zero-order chi connectivity index (χ0) is 52.1. The largest absolute Gasteiger partial charge is 0.456 e. The standard InChI is InChI=1S/C53H32N4O/c1-3-14-34(15-4-1)51-54-52(35-16-5-2-6-17-35)56-53(55-51)44-23-13-25-46-48(44)43-31-28-36(32-47(43)58-46)33-26-29-37(30-27-33)57-45-24-12-11-22-42(45)49-40-20-9-7-18-38(40)39-19-8-10-21-41(39)50(49)57/h1-32H/i7D,8D,9D,10D,11D,12D,18D,19D,20D,21D,22D,24D,26D,27D,29D,30D. The Hall–Kier alpha value is -7.89. The van der Waals surface area contributed by atoms with Crippen LogP contribution in [-0.2, 0) is 0 Å². The van der Waals surface area contributed by atoms with Crippen LogP contribution in [0.4, 0.5) is 0 Å². The van der Waals surface area contributed by atoms with Gasteiger partial charge in [-0.1, -0.05) is 157 Å². The second kappa shape index (κ2) is 12.8. The van der Waals surface area contributed by atoms with Crippen LogP contribution in [0.15, 0.2) is 198 Å². The maximum absolute atomic E-state index is 9.67. The van der Waals surface area contributed by atoms with E-state index in [1.165, 1.54) is 0 Å². The number of nitrogens with zero attached hydrogens (tertiary/aromatic N) is 4. The van der Waals surface area contributed by atoms with E-state index in [0.717, 1.165) is 15.7 Å². The monoisotopic (exact) mass is 756 g/mol. The van der Waals surface area contributed by atoms with Crippen LogP contribution in [0.25, 0.3) is 116 Å². The lowest BCUT2D eigenvalue weighted by Crippen LogP contribution is -2.00. The van der Waals surface area contributed by atoms with E-state index in [2.05, 4.69) is 0 Å². The summed E-state index contributed by atoms with van der Waals surface area (Å²) in [6, 6.07) is 18.2. The van der Waals surface area contributed by atoms with Gasteiger partial charge in [0.05, 0.1) is 33.0 Å². The molecule has 9 aromatic carbocycles. The van der Waals surface area contributed by atoms with Gasteiger partial charge in [0.25, 0.3) is 0 Å². The van der Waals surface area contributed by atoms with Crippen molar-refractivity contribution < 1.29 is 26.3 Å². The topological polar surface area (TPSA) is 56.7 Å². The van der Waals surface area contributed by atoms with Gasteiger partial charge in [-0.25, -0.2) is 15.0 Å². The number of hydrogen-bond acceptors (Lipinski definition) is 4. The molecule has 5 heteroatoms. The van der Waals surface area contributed by atoms with Gasteiger partial charge in [-0.2, -0.15) is 0 Å². The number of fused-ring (bicyclic) bond motifs is 11. The van der Waals surface area contributed by atoms with Gasteiger partial charge >= 0.3 is 0 Å². The first kappa shape index (κ1) is 20.3. The van der Waals surface area contributed by atoms with E-state index in [9.17, 15) is 11.0 Å². The van der Waals surface area contributed by atoms with Crippen LogP contribution in [-0.4, -0.2) is 19.5 Å². The molecular formula is C53H32N4O. The van der Waals surface area contributed by atoms with E-state index < -0.39 is 108 Å². The van der Waals surface area contributed by atoms with Gasteiger partial charge in [0, 0.05) is 49.3 Å². The van der Waals surface area contributed by atoms with Crippen LogP contribution >= 0.6 is 0 Å². The van der Waals surface area contributed by atoms with Crippen molar-refractivity contribution in [1.82, 2.24) is 19.5 Å². The molecule has 0 aliphatic heterocycles. The molecule has 270 valence electrons. The van der Waals surface area contributed by atoms with Gasteiger partial charge in [-0.3, -0.25) is 0 Å². The molecule has 0 fully saturated rings. The highest BCUT2D eigenvalue weighted by Crippen LogP contribution is 2.43. The van der Waals surface area contributed by atoms with Crippen LogP contribution in [0.3, 0.4) is 0 Å². The van der Waals surface area contributed by atoms with E-state index in [4.69, 9.17) is 30.3 Å². The van der Waals surface area contributed by atoms with Gasteiger partial charge in [-0.15, -0.1) is 0 Å². The van der Waals surface area contributed by atoms with Crippen LogP contribution in [0.2, 0.25) is 0 Å². The minimum Gasteiger partial charge on any atom is -0.456 e. The number of rotatable bonds is 5. The summed E-state index contributed by atoms with van der Waals surface area (Å²) < 4.78 is 153. The van der Waals surface area contributed by atoms with Gasteiger partial charge in [0.15, 0.2) is 17.5 Å². The summed E-state index contributed by atoms with van der Waals surface area (Å²) >= 11 is 0. The number of para-hydroxylation sites is 1. The summed E-state index contributed by atoms with van der Waals surface area (Å²) in [4.78, 5) is 14.7. The summed E-state index contributed by atoms with van der Waals surface area (Å²) in [5, 5.41) is -0.762. The van der Waals surface area contributed by atoms with E-state index in [1.54, 1.807) is 30.3 Å². The van der Waals surface area contributed by atoms with E-state index in [-0.39, 0.29) is 49.0 Å². The van der Waals surface area contributed by atoms with Gasteiger partial charge in [0.2, 0.25) is 0 Å². The van der Waals surface area contributed by atoms with Gasteiger partial charge < -0.3 is 8.98 Å². The summed E-state index contributed by atoms with van der Waals surface area (Å²) in [7, 11) is 0. The Morgan fingerprint density at radius 1 is 0.414 bits per heavy atom. The second-order valence-electron chi connectivity index (χ2n) is 13.5. The van der Waals surface area contributed by atoms with Crippen molar-refractivity contribution in [2.75, 3.05) is 0 Å². The van der Waals surface area contributed by atoms with Crippen LogP contribution in [0.1, 0.15) is 21.9 Å². The van der Waals surface area contributed by atoms with E-state index >= 15 is 0 Å². The number of hydrogen-bond donors (Lipinski definition) is 0. The Morgan fingerprint density at radius 2 is 1.02 bits per heavy atom. The van der Waals surface area contributed by atoms with Crippen molar-refractivity contribution >= 4 is 65.3 Å². The first-order valence-corrected chi connectivity index (χ1v) is 18.2. The highest BCUT2D eigenvalue weighted by Gasteiger charge is 2.20. The predicted octanol–water partition coefficient (Wildman–Crippen LogP) is 13.8. The molecule has 0 atom stereocenters. The highest BCUT2D eigenvalue weighted by atomic mass is 16.3. The van der Waals surface area contributed by atoms with Crippen molar-refractivity contribution in [3.05, 3.63) is 194 Å². The highest BCUT2D eigenvalue weighted by molar-refractivity contribution is 6.32. The maximum Gasteiger partial charge on any atom is 0.164 e. The molecule has 12 aromatic rings. The van der Waals surface area contributed by atoms with E-state index in [1.807, 2.05) is 66.7 Å². The fourth-order valence-electron chi connectivity index (χ4n) is 7.72. The minimum atomic E-state index is -0.762. The van der Waals surface area contributed by atoms with Crippen LogP contribution in [0.5, 0.6) is 0 Å². The Bertz CT molecular complexity index is 4420. The Kier molecular flexibility index (Phi) is 4.50. The second-order valence-corrected chi connectivity index (χ2v) is 13.5. The molecule has 0 spiro atoms. The molecule has 3 heterocycles. The van der Waals surface area contributed by atoms with E-state index in [0.29, 0.717) is 45.0 Å². The fraction of sp³-hybridized carbons (Fsp3) is 0. The summed E-state index contributed by atoms with van der Waals surface area (Å²) in [6.07, 6.45) is 0. The average Bonchev–Trinajstić information content (AvgIpc) is 3.97. The number of furan rings is 1. The molecule has 0 saturated heterocycles. The minimum absolute atomic E-state index is 0.169. The van der Waals surface area contributed by atoms with Gasteiger partial charge in [-0.05, 0) is 63.6 Å². The lowest BCUT2D eigenvalue weighted by Gasteiger charge is -2.13. The molecule has 0 aliphatic rings. The normalized spacial score (nSPS) is 15.7. The molecule has 0 unspecified atom stereocenters.